The summed E-state index contributed by atoms with van der Waals surface area (Å²) in [6, 6.07) is 0. The lowest BCUT2D eigenvalue weighted by Gasteiger charge is -2.21. The monoisotopic (exact) mass is 273 g/mol. The molecule has 0 rings (SSSR count). The van der Waals surface area contributed by atoms with Crippen molar-refractivity contribution in [1.82, 2.24) is 4.90 Å². The van der Waals surface area contributed by atoms with Crippen LogP contribution in [0.15, 0.2) is 0 Å². The van der Waals surface area contributed by atoms with Gasteiger partial charge >= 0.3 is 0 Å². The molecule has 0 fully saturated rings. The minimum absolute atomic E-state index is 0.343. The molecule has 0 spiro atoms. The van der Waals surface area contributed by atoms with Crippen molar-refractivity contribution in [2.75, 3.05) is 32.8 Å². The molecule has 0 aromatic carbocycles. The topological polar surface area (TPSA) is 32.7 Å². The van der Waals surface area contributed by atoms with E-state index in [1.807, 2.05) is 0 Å². The Bertz CT molecular complexity index is 172. The molecule has 1 N–H and O–H groups in total. The Kier molecular flexibility index (Phi) is 14.2. The minimum Gasteiger partial charge on any atom is -0.389 e. The Morgan fingerprint density at radius 3 is 2.05 bits per heavy atom. The first kappa shape index (κ1) is 18.9. The van der Waals surface area contributed by atoms with Gasteiger partial charge in [0, 0.05) is 13.2 Å². The van der Waals surface area contributed by atoms with Crippen LogP contribution in [0.1, 0.15) is 65.7 Å². The fourth-order valence-corrected chi connectivity index (χ4v) is 2.21. The summed E-state index contributed by atoms with van der Waals surface area (Å²) in [7, 11) is 0. The highest BCUT2D eigenvalue weighted by Gasteiger charge is 2.08. The Morgan fingerprint density at radius 2 is 1.47 bits per heavy atom. The highest BCUT2D eigenvalue weighted by molar-refractivity contribution is 4.61. The fourth-order valence-electron chi connectivity index (χ4n) is 2.21. The summed E-state index contributed by atoms with van der Waals surface area (Å²) >= 11 is 0. The first-order valence-electron chi connectivity index (χ1n) is 8.22. The first-order chi connectivity index (χ1) is 9.24. The van der Waals surface area contributed by atoms with Crippen molar-refractivity contribution in [2.24, 2.45) is 0 Å². The van der Waals surface area contributed by atoms with Crippen LogP contribution in [0.4, 0.5) is 0 Å². The van der Waals surface area contributed by atoms with Crippen LogP contribution in [0.2, 0.25) is 0 Å². The second kappa shape index (κ2) is 14.3. The quantitative estimate of drug-likeness (QED) is 0.492. The van der Waals surface area contributed by atoms with Gasteiger partial charge in [0.15, 0.2) is 0 Å². The molecule has 3 heteroatoms. The van der Waals surface area contributed by atoms with Gasteiger partial charge in [-0.25, -0.2) is 0 Å². The highest BCUT2D eigenvalue weighted by atomic mass is 16.5. The molecule has 116 valence electrons. The number of hydrogen-bond donors (Lipinski definition) is 1. The molecule has 3 nitrogen and oxygen atoms in total. The number of rotatable bonds is 14. The summed E-state index contributed by atoms with van der Waals surface area (Å²) in [5, 5.41) is 9.81. The lowest BCUT2D eigenvalue weighted by Crippen LogP contribution is -2.34. The maximum Gasteiger partial charge on any atom is 0.0900 e. The molecule has 0 amide bonds. The molecule has 1 atom stereocenters. The minimum atomic E-state index is -0.343. The number of aliphatic hydroxyl groups excluding tert-OH is 1. The molecule has 0 saturated heterocycles. The summed E-state index contributed by atoms with van der Waals surface area (Å²) in [5.74, 6) is 0. The number of nitrogens with zero attached hydrogens (tertiary/aromatic N) is 1. The predicted octanol–water partition coefficient (Wildman–Crippen LogP) is 3.46. The zero-order chi connectivity index (χ0) is 14.3. The molecule has 0 aliphatic carbocycles. The Hall–Kier alpha value is -0.120. The standard InChI is InChI=1S/C16H35NO2/c1-4-7-8-9-10-11-12-13-19-15-16(18)14-17(5-2)6-3/h16,18H,4-15H2,1-3H3. The fraction of sp³-hybridized carbons (Fsp3) is 1.00. The van der Waals surface area contributed by atoms with Gasteiger partial charge in [0.1, 0.15) is 0 Å². The van der Waals surface area contributed by atoms with E-state index in [2.05, 4.69) is 25.7 Å². The van der Waals surface area contributed by atoms with Crippen molar-refractivity contribution >= 4 is 0 Å². The van der Waals surface area contributed by atoms with Crippen LogP contribution in [0.5, 0.6) is 0 Å². The van der Waals surface area contributed by atoms with E-state index >= 15 is 0 Å². The summed E-state index contributed by atoms with van der Waals surface area (Å²) in [4.78, 5) is 2.22. The first-order valence-corrected chi connectivity index (χ1v) is 8.22. The summed E-state index contributed by atoms with van der Waals surface area (Å²) < 4.78 is 5.54. The SMILES string of the molecule is CCCCCCCCCOCC(O)CN(CC)CC. The number of aliphatic hydroxyl groups is 1. The van der Waals surface area contributed by atoms with Gasteiger partial charge in [-0.3, -0.25) is 0 Å². The van der Waals surface area contributed by atoms with E-state index in [0.29, 0.717) is 6.61 Å². The molecule has 0 aliphatic rings. The molecule has 0 aromatic heterocycles. The third kappa shape index (κ3) is 12.6. The molecule has 0 bridgehead atoms. The van der Waals surface area contributed by atoms with Gasteiger partial charge in [-0.15, -0.1) is 0 Å². The molecule has 19 heavy (non-hydrogen) atoms. The van der Waals surface area contributed by atoms with Crippen molar-refractivity contribution in [3.63, 3.8) is 0 Å². The second-order valence-corrected chi connectivity index (χ2v) is 5.34. The zero-order valence-electron chi connectivity index (χ0n) is 13.4. The average molecular weight is 273 g/mol. The highest BCUT2D eigenvalue weighted by Crippen LogP contribution is 2.06. The van der Waals surface area contributed by atoms with E-state index in [4.69, 9.17) is 4.74 Å². The zero-order valence-corrected chi connectivity index (χ0v) is 13.4. The normalized spacial score (nSPS) is 13.1. The van der Waals surface area contributed by atoms with E-state index in [9.17, 15) is 5.11 Å². The molecule has 0 radical (unpaired) electrons. The van der Waals surface area contributed by atoms with Crippen LogP contribution in [-0.2, 0) is 4.74 Å². The van der Waals surface area contributed by atoms with Crippen LogP contribution in [0, 0.1) is 0 Å². The van der Waals surface area contributed by atoms with Gasteiger partial charge in [0.05, 0.1) is 12.7 Å². The Labute approximate surface area is 120 Å². The van der Waals surface area contributed by atoms with Crippen molar-refractivity contribution in [3.8, 4) is 0 Å². The average Bonchev–Trinajstić information content (AvgIpc) is 2.43. The molecule has 0 heterocycles. The van der Waals surface area contributed by atoms with Gasteiger partial charge in [-0.1, -0.05) is 59.3 Å². The smallest absolute Gasteiger partial charge is 0.0900 e. The summed E-state index contributed by atoms with van der Waals surface area (Å²) in [6.07, 6.45) is 8.79. The second-order valence-electron chi connectivity index (χ2n) is 5.34. The van der Waals surface area contributed by atoms with E-state index in [1.54, 1.807) is 0 Å². The van der Waals surface area contributed by atoms with Crippen LogP contribution < -0.4 is 0 Å². The van der Waals surface area contributed by atoms with Gasteiger partial charge in [-0.2, -0.15) is 0 Å². The molecule has 1 unspecified atom stereocenters. The largest absolute Gasteiger partial charge is 0.389 e. The van der Waals surface area contributed by atoms with Crippen LogP contribution in [0.25, 0.3) is 0 Å². The summed E-state index contributed by atoms with van der Waals surface area (Å²) in [6.45, 7) is 10.5. The number of ether oxygens (including phenoxy) is 1. The third-order valence-electron chi connectivity index (χ3n) is 3.57. The lowest BCUT2D eigenvalue weighted by molar-refractivity contribution is 0.0171. The predicted molar refractivity (Wildman–Crippen MR) is 82.6 cm³/mol. The molecule has 0 aromatic rings. The number of hydrogen-bond acceptors (Lipinski definition) is 3. The number of unbranched alkanes of at least 4 members (excludes halogenated alkanes) is 6. The lowest BCUT2D eigenvalue weighted by atomic mass is 10.1. The third-order valence-corrected chi connectivity index (χ3v) is 3.57. The molecular formula is C16H35NO2. The summed E-state index contributed by atoms with van der Waals surface area (Å²) in [5.41, 5.74) is 0. The molecule has 0 saturated carbocycles. The molecular weight excluding hydrogens is 238 g/mol. The van der Waals surface area contributed by atoms with Crippen molar-refractivity contribution in [3.05, 3.63) is 0 Å². The van der Waals surface area contributed by atoms with E-state index < -0.39 is 0 Å². The number of likely N-dealkylation sites (N-methyl/N-ethyl adjacent to an activating group) is 1. The van der Waals surface area contributed by atoms with Crippen LogP contribution in [-0.4, -0.2) is 49.0 Å². The van der Waals surface area contributed by atoms with Crippen molar-refractivity contribution in [1.29, 1.82) is 0 Å². The van der Waals surface area contributed by atoms with Gasteiger partial charge < -0.3 is 14.7 Å². The van der Waals surface area contributed by atoms with Crippen LogP contribution >= 0.6 is 0 Å². The van der Waals surface area contributed by atoms with Gasteiger partial charge in [-0.05, 0) is 19.5 Å². The van der Waals surface area contributed by atoms with E-state index in [-0.39, 0.29) is 6.10 Å². The Balaban J connectivity index is 3.24. The maximum absolute atomic E-state index is 9.81. The van der Waals surface area contributed by atoms with E-state index in [0.717, 1.165) is 32.7 Å². The van der Waals surface area contributed by atoms with E-state index in [1.165, 1.54) is 38.5 Å². The maximum atomic E-state index is 9.81. The Morgan fingerprint density at radius 1 is 0.895 bits per heavy atom. The van der Waals surface area contributed by atoms with Gasteiger partial charge in [0.25, 0.3) is 0 Å². The van der Waals surface area contributed by atoms with Crippen LogP contribution in [0.3, 0.4) is 0 Å². The molecule has 0 aliphatic heterocycles. The van der Waals surface area contributed by atoms with Gasteiger partial charge in [0.2, 0.25) is 0 Å². The van der Waals surface area contributed by atoms with Crippen molar-refractivity contribution < 1.29 is 9.84 Å². The van der Waals surface area contributed by atoms with Crippen molar-refractivity contribution in [2.45, 2.75) is 71.8 Å².